The van der Waals surface area contributed by atoms with E-state index in [9.17, 15) is 14.7 Å². The first kappa shape index (κ1) is 13.9. The maximum atomic E-state index is 11.8. The number of amides is 3. The van der Waals surface area contributed by atoms with Crippen LogP contribution in [0.2, 0.25) is 0 Å². The third-order valence-electron chi connectivity index (χ3n) is 3.08. The van der Waals surface area contributed by atoms with E-state index in [0.717, 1.165) is 19.4 Å². The Kier molecular flexibility index (Phi) is 5.37. The molecule has 0 saturated carbocycles. The standard InChI is InChI=1S/C11H21N3O3/c1-3-12-11(17)13-10(16)8(2)14-6-4-5-9(14)7-15/h8-9,15H,3-7H2,1-2H3,(H2,12,13,16,17)/t8?,9-/m0/s1. The highest BCUT2D eigenvalue weighted by atomic mass is 16.3. The summed E-state index contributed by atoms with van der Waals surface area (Å²) in [6.07, 6.45) is 1.87. The molecule has 6 nitrogen and oxygen atoms in total. The summed E-state index contributed by atoms with van der Waals surface area (Å²) in [4.78, 5) is 24.9. The average Bonchev–Trinajstić information content (AvgIpc) is 2.76. The summed E-state index contributed by atoms with van der Waals surface area (Å²) in [5, 5.41) is 14.0. The number of rotatable bonds is 4. The van der Waals surface area contributed by atoms with E-state index in [0.29, 0.717) is 6.54 Å². The molecule has 98 valence electrons. The van der Waals surface area contributed by atoms with Crippen molar-refractivity contribution in [3.05, 3.63) is 0 Å². The number of likely N-dealkylation sites (tertiary alicyclic amines) is 1. The van der Waals surface area contributed by atoms with Crippen LogP contribution in [0.3, 0.4) is 0 Å². The highest BCUT2D eigenvalue weighted by molar-refractivity contribution is 5.96. The minimum Gasteiger partial charge on any atom is -0.395 e. The van der Waals surface area contributed by atoms with E-state index >= 15 is 0 Å². The van der Waals surface area contributed by atoms with E-state index in [4.69, 9.17) is 0 Å². The molecule has 1 aliphatic heterocycles. The predicted octanol–water partition coefficient (Wildman–Crippen LogP) is -0.323. The van der Waals surface area contributed by atoms with Gasteiger partial charge in [0.15, 0.2) is 0 Å². The van der Waals surface area contributed by atoms with Crippen LogP contribution in [0.25, 0.3) is 0 Å². The fourth-order valence-corrected chi connectivity index (χ4v) is 2.14. The van der Waals surface area contributed by atoms with E-state index in [2.05, 4.69) is 10.6 Å². The molecule has 0 aromatic heterocycles. The van der Waals surface area contributed by atoms with Crippen molar-refractivity contribution in [1.82, 2.24) is 15.5 Å². The van der Waals surface area contributed by atoms with E-state index in [1.807, 2.05) is 4.90 Å². The van der Waals surface area contributed by atoms with Gasteiger partial charge in [0, 0.05) is 12.6 Å². The molecule has 1 heterocycles. The van der Waals surface area contributed by atoms with Crippen molar-refractivity contribution < 1.29 is 14.7 Å². The maximum absolute atomic E-state index is 11.8. The zero-order valence-corrected chi connectivity index (χ0v) is 10.4. The number of nitrogens with zero attached hydrogens (tertiary/aromatic N) is 1. The van der Waals surface area contributed by atoms with Crippen LogP contribution in [0.1, 0.15) is 26.7 Å². The molecule has 0 aliphatic carbocycles. The highest BCUT2D eigenvalue weighted by Gasteiger charge is 2.31. The molecule has 2 atom stereocenters. The SMILES string of the molecule is CCNC(=O)NC(=O)C(C)N1CCC[C@H]1CO. The van der Waals surface area contributed by atoms with Gasteiger partial charge in [0.1, 0.15) is 0 Å². The van der Waals surface area contributed by atoms with E-state index in [1.54, 1.807) is 13.8 Å². The zero-order valence-electron chi connectivity index (χ0n) is 10.4. The van der Waals surface area contributed by atoms with Gasteiger partial charge < -0.3 is 10.4 Å². The predicted molar refractivity (Wildman–Crippen MR) is 63.5 cm³/mol. The van der Waals surface area contributed by atoms with Crippen molar-refractivity contribution >= 4 is 11.9 Å². The molecule has 1 aliphatic rings. The van der Waals surface area contributed by atoms with Crippen LogP contribution in [-0.4, -0.2) is 53.7 Å². The lowest BCUT2D eigenvalue weighted by molar-refractivity contribution is -0.125. The molecule has 0 bridgehead atoms. The minimum atomic E-state index is -0.468. The zero-order chi connectivity index (χ0) is 12.8. The second kappa shape index (κ2) is 6.56. The molecule has 0 aromatic carbocycles. The summed E-state index contributed by atoms with van der Waals surface area (Å²) in [7, 11) is 0. The van der Waals surface area contributed by atoms with E-state index < -0.39 is 12.1 Å². The number of urea groups is 1. The second-order valence-corrected chi connectivity index (χ2v) is 4.24. The lowest BCUT2D eigenvalue weighted by Crippen LogP contribution is -2.51. The normalized spacial score (nSPS) is 22.2. The van der Waals surface area contributed by atoms with Gasteiger partial charge in [-0.3, -0.25) is 15.0 Å². The fourth-order valence-electron chi connectivity index (χ4n) is 2.14. The molecular weight excluding hydrogens is 222 g/mol. The number of hydrogen-bond acceptors (Lipinski definition) is 4. The monoisotopic (exact) mass is 243 g/mol. The Balaban J connectivity index is 2.48. The number of nitrogens with one attached hydrogen (secondary N) is 2. The van der Waals surface area contributed by atoms with Gasteiger partial charge in [0.05, 0.1) is 12.6 Å². The van der Waals surface area contributed by atoms with Crippen LogP contribution in [0, 0.1) is 0 Å². The molecule has 0 spiro atoms. The number of imide groups is 1. The number of aliphatic hydroxyl groups is 1. The van der Waals surface area contributed by atoms with Crippen molar-refractivity contribution in [2.24, 2.45) is 0 Å². The fraction of sp³-hybridized carbons (Fsp3) is 0.818. The third-order valence-corrected chi connectivity index (χ3v) is 3.08. The molecule has 17 heavy (non-hydrogen) atoms. The topological polar surface area (TPSA) is 81.7 Å². The van der Waals surface area contributed by atoms with Crippen LogP contribution in [0.15, 0.2) is 0 Å². The van der Waals surface area contributed by atoms with Gasteiger partial charge in [-0.25, -0.2) is 4.79 Å². The van der Waals surface area contributed by atoms with Crippen molar-refractivity contribution in [3.8, 4) is 0 Å². The molecule has 1 fully saturated rings. The van der Waals surface area contributed by atoms with Gasteiger partial charge in [-0.1, -0.05) is 0 Å². The number of carbonyl (C=O) groups is 2. The average molecular weight is 243 g/mol. The van der Waals surface area contributed by atoms with Crippen LogP contribution in [-0.2, 0) is 4.79 Å². The van der Waals surface area contributed by atoms with Crippen LogP contribution in [0.5, 0.6) is 0 Å². The maximum Gasteiger partial charge on any atom is 0.321 e. The van der Waals surface area contributed by atoms with Gasteiger partial charge in [-0.2, -0.15) is 0 Å². The molecule has 1 rings (SSSR count). The molecule has 1 unspecified atom stereocenters. The van der Waals surface area contributed by atoms with E-state index in [1.165, 1.54) is 0 Å². The van der Waals surface area contributed by atoms with Crippen molar-refractivity contribution in [2.75, 3.05) is 19.7 Å². The van der Waals surface area contributed by atoms with Gasteiger partial charge in [0.2, 0.25) is 5.91 Å². The summed E-state index contributed by atoms with van der Waals surface area (Å²) >= 11 is 0. The number of carbonyl (C=O) groups excluding carboxylic acids is 2. The van der Waals surface area contributed by atoms with Gasteiger partial charge in [-0.05, 0) is 33.2 Å². The van der Waals surface area contributed by atoms with Crippen molar-refractivity contribution in [3.63, 3.8) is 0 Å². The van der Waals surface area contributed by atoms with Crippen LogP contribution in [0.4, 0.5) is 4.79 Å². The largest absolute Gasteiger partial charge is 0.395 e. The van der Waals surface area contributed by atoms with Crippen LogP contribution >= 0.6 is 0 Å². The molecule has 0 aromatic rings. The summed E-state index contributed by atoms with van der Waals surface area (Å²) in [5.74, 6) is -0.323. The Morgan fingerprint density at radius 3 is 2.82 bits per heavy atom. The van der Waals surface area contributed by atoms with Gasteiger partial charge in [-0.15, -0.1) is 0 Å². The Hall–Kier alpha value is -1.14. The molecule has 0 radical (unpaired) electrons. The second-order valence-electron chi connectivity index (χ2n) is 4.24. The van der Waals surface area contributed by atoms with Gasteiger partial charge >= 0.3 is 6.03 Å². The van der Waals surface area contributed by atoms with Gasteiger partial charge in [0.25, 0.3) is 0 Å². The summed E-state index contributed by atoms with van der Waals surface area (Å²) < 4.78 is 0. The van der Waals surface area contributed by atoms with E-state index in [-0.39, 0.29) is 18.6 Å². The first-order valence-electron chi connectivity index (χ1n) is 6.05. The smallest absolute Gasteiger partial charge is 0.321 e. The first-order chi connectivity index (χ1) is 8.10. The number of hydrogen-bond donors (Lipinski definition) is 3. The highest BCUT2D eigenvalue weighted by Crippen LogP contribution is 2.19. The molecule has 3 N–H and O–H groups in total. The third kappa shape index (κ3) is 3.67. The summed E-state index contributed by atoms with van der Waals surface area (Å²) in [6, 6.07) is -0.827. The first-order valence-corrected chi connectivity index (χ1v) is 6.05. The van der Waals surface area contributed by atoms with Crippen molar-refractivity contribution in [1.29, 1.82) is 0 Å². The lowest BCUT2D eigenvalue weighted by Gasteiger charge is -2.28. The summed E-state index contributed by atoms with van der Waals surface area (Å²) in [6.45, 7) is 4.86. The summed E-state index contributed by atoms with van der Waals surface area (Å²) in [5.41, 5.74) is 0. The molecular formula is C11H21N3O3. The molecule has 1 saturated heterocycles. The van der Waals surface area contributed by atoms with Crippen LogP contribution < -0.4 is 10.6 Å². The number of aliphatic hydroxyl groups excluding tert-OH is 1. The Morgan fingerprint density at radius 1 is 1.53 bits per heavy atom. The quantitative estimate of drug-likeness (QED) is 0.632. The van der Waals surface area contributed by atoms with Crippen molar-refractivity contribution in [2.45, 2.75) is 38.8 Å². The molecule has 3 amide bonds. The molecule has 6 heteroatoms. The Bertz CT molecular complexity index is 283. The Labute approximate surface area is 101 Å². The minimum absolute atomic E-state index is 0.0324. The Morgan fingerprint density at radius 2 is 2.24 bits per heavy atom. The lowest BCUT2D eigenvalue weighted by atomic mass is 10.2.